The zero-order chi connectivity index (χ0) is 15.0. The number of halogens is 2. The van der Waals surface area contributed by atoms with E-state index in [1.54, 1.807) is 18.3 Å². The van der Waals surface area contributed by atoms with Gasteiger partial charge in [-0.1, -0.05) is 15.9 Å². The summed E-state index contributed by atoms with van der Waals surface area (Å²) in [4.78, 5) is 15.6. The lowest BCUT2D eigenvalue weighted by Crippen LogP contribution is -2.02. The highest BCUT2D eigenvalue weighted by Crippen LogP contribution is 2.24. The SMILES string of the molecule is O=C(O)c1nn(-c2cc(Br)cc(CCl)c2)c2ncccc12. The van der Waals surface area contributed by atoms with Crippen molar-refractivity contribution >= 4 is 44.5 Å². The van der Waals surface area contributed by atoms with E-state index < -0.39 is 5.97 Å². The summed E-state index contributed by atoms with van der Waals surface area (Å²) in [5.74, 6) is -0.732. The van der Waals surface area contributed by atoms with Crippen LogP contribution in [0.1, 0.15) is 16.1 Å². The molecular weight excluding hydrogens is 358 g/mol. The summed E-state index contributed by atoms with van der Waals surface area (Å²) in [6, 6.07) is 8.96. The van der Waals surface area contributed by atoms with E-state index in [0.29, 0.717) is 22.6 Å². The highest BCUT2D eigenvalue weighted by Gasteiger charge is 2.18. The predicted octanol–water partition coefficient (Wildman–Crippen LogP) is 3.62. The molecule has 0 radical (unpaired) electrons. The number of pyridine rings is 1. The fourth-order valence-corrected chi connectivity index (χ4v) is 2.81. The molecule has 2 aromatic heterocycles. The molecule has 1 N–H and O–H groups in total. The third-order valence-electron chi connectivity index (χ3n) is 2.99. The number of aromatic nitrogens is 3. The molecule has 0 spiro atoms. The third kappa shape index (κ3) is 2.52. The quantitative estimate of drug-likeness (QED) is 0.719. The zero-order valence-electron chi connectivity index (χ0n) is 10.6. The van der Waals surface area contributed by atoms with Crippen LogP contribution in [0.4, 0.5) is 0 Å². The smallest absolute Gasteiger partial charge is 0.357 e. The Kier molecular flexibility index (Phi) is 3.65. The minimum atomic E-state index is -1.08. The summed E-state index contributed by atoms with van der Waals surface area (Å²) in [5, 5.41) is 13.9. The van der Waals surface area contributed by atoms with Crippen molar-refractivity contribution in [3.05, 3.63) is 52.3 Å². The van der Waals surface area contributed by atoms with Gasteiger partial charge in [-0.2, -0.15) is 5.10 Å². The van der Waals surface area contributed by atoms with Crippen molar-refractivity contribution in [2.24, 2.45) is 0 Å². The number of rotatable bonds is 3. The first-order valence-electron chi connectivity index (χ1n) is 6.03. The number of alkyl halides is 1. The Balaban J connectivity index is 2.30. The molecule has 21 heavy (non-hydrogen) atoms. The molecule has 5 nitrogen and oxygen atoms in total. The van der Waals surface area contributed by atoms with Crippen LogP contribution in [0.5, 0.6) is 0 Å². The Bertz CT molecular complexity index is 847. The Morgan fingerprint density at radius 1 is 1.38 bits per heavy atom. The van der Waals surface area contributed by atoms with Gasteiger partial charge in [0.1, 0.15) is 0 Å². The number of hydrogen-bond donors (Lipinski definition) is 1. The van der Waals surface area contributed by atoms with E-state index in [1.807, 2.05) is 18.2 Å². The van der Waals surface area contributed by atoms with Crippen molar-refractivity contribution in [3.8, 4) is 5.69 Å². The van der Waals surface area contributed by atoms with E-state index in [-0.39, 0.29) is 5.69 Å². The van der Waals surface area contributed by atoms with E-state index in [4.69, 9.17) is 11.6 Å². The number of carboxylic acid groups (broad SMARTS) is 1. The first kappa shape index (κ1) is 14.0. The molecule has 0 bridgehead atoms. The van der Waals surface area contributed by atoms with Crippen molar-refractivity contribution in [1.29, 1.82) is 0 Å². The Morgan fingerprint density at radius 2 is 2.19 bits per heavy atom. The molecule has 3 rings (SSSR count). The molecular formula is C14H9BrClN3O2. The average molecular weight is 367 g/mol. The highest BCUT2D eigenvalue weighted by atomic mass is 79.9. The van der Waals surface area contributed by atoms with E-state index in [0.717, 1.165) is 10.0 Å². The molecule has 1 aromatic carbocycles. The minimum Gasteiger partial charge on any atom is -0.476 e. The first-order valence-corrected chi connectivity index (χ1v) is 7.36. The van der Waals surface area contributed by atoms with Gasteiger partial charge >= 0.3 is 5.97 Å². The van der Waals surface area contributed by atoms with Gasteiger partial charge in [0, 0.05) is 16.5 Å². The maximum atomic E-state index is 11.3. The standard InChI is InChI=1S/C14H9BrClN3O2/c15-9-4-8(7-16)5-10(6-9)19-13-11(2-1-3-17-13)12(18-19)14(20)21/h1-6H,7H2,(H,20,21). The van der Waals surface area contributed by atoms with E-state index in [1.165, 1.54) is 4.68 Å². The van der Waals surface area contributed by atoms with Crippen molar-refractivity contribution < 1.29 is 9.90 Å². The highest BCUT2D eigenvalue weighted by molar-refractivity contribution is 9.10. The van der Waals surface area contributed by atoms with Gasteiger partial charge in [-0.15, -0.1) is 11.6 Å². The monoisotopic (exact) mass is 365 g/mol. The van der Waals surface area contributed by atoms with Crippen LogP contribution in [0.3, 0.4) is 0 Å². The van der Waals surface area contributed by atoms with Crippen molar-refractivity contribution in [2.75, 3.05) is 0 Å². The Hall–Kier alpha value is -1.92. The van der Waals surface area contributed by atoms with Gasteiger partial charge in [0.2, 0.25) is 0 Å². The van der Waals surface area contributed by atoms with Gasteiger partial charge in [-0.25, -0.2) is 14.5 Å². The molecule has 0 saturated carbocycles. The number of benzene rings is 1. The van der Waals surface area contributed by atoms with Gasteiger partial charge in [-0.05, 0) is 35.9 Å². The zero-order valence-corrected chi connectivity index (χ0v) is 13.0. The van der Waals surface area contributed by atoms with Gasteiger partial charge < -0.3 is 5.11 Å². The Labute approximate surface area is 133 Å². The summed E-state index contributed by atoms with van der Waals surface area (Å²) in [7, 11) is 0. The lowest BCUT2D eigenvalue weighted by molar-refractivity contribution is 0.0692. The molecule has 7 heteroatoms. The van der Waals surface area contributed by atoms with Crippen molar-refractivity contribution in [3.63, 3.8) is 0 Å². The maximum Gasteiger partial charge on any atom is 0.357 e. The van der Waals surface area contributed by atoms with Crippen LogP contribution in [0.2, 0.25) is 0 Å². The number of carboxylic acids is 1. The van der Waals surface area contributed by atoms with E-state index in [9.17, 15) is 9.90 Å². The van der Waals surface area contributed by atoms with Crippen molar-refractivity contribution in [2.45, 2.75) is 5.88 Å². The van der Waals surface area contributed by atoms with Crippen LogP contribution in [0.15, 0.2) is 41.0 Å². The first-order chi connectivity index (χ1) is 10.1. The number of carbonyl (C=O) groups is 1. The summed E-state index contributed by atoms with van der Waals surface area (Å²) in [6.07, 6.45) is 1.60. The van der Waals surface area contributed by atoms with Crippen LogP contribution in [0.25, 0.3) is 16.7 Å². The van der Waals surface area contributed by atoms with Crippen LogP contribution >= 0.6 is 27.5 Å². The van der Waals surface area contributed by atoms with Gasteiger partial charge in [0.05, 0.1) is 11.1 Å². The van der Waals surface area contributed by atoms with E-state index >= 15 is 0 Å². The summed E-state index contributed by atoms with van der Waals surface area (Å²) < 4.78 is 2.35. The average Bonchev–Trinajstić information content (AvgIpc) is 2.86. The molecule has 2 heterocycles. The predicted molar refractivity (Wildman–Crippen MR) is 83.1 cm³/mol. The molecule has 0 aliphatic heterocycles. The molecule has 0 aliphatic carbocycles. The lowest BCUT2D eigenvalue weighted by Gasteiger charge is -2.06. The summed E-state index contributed by atoms with van der Waals surface area (Å²) in [5.41, 5.74) is 2.08. The fraction of sp³-hybridized carbons (Fsp3) is 0.0714. The topological polar surface area (TPSA) is 68.0 Å². The second-order valence-electron chi connectivity index (χ2n) is 4.39. The molecule has 0 saturated heterocycles. The molecule has 0 amide bonds. The van der Waals surface area contributed by atoms with Crippen LogP contribution in [-0.4, -0.2) is 25.8 Å². The third-order valence-corrected chi connectivity index (χ3v) is 3.75. The molecule has 0 aliphatic rings. The molecule has 0 fully saturated rings. The number of hydrogen-bond acceptors (Lipinski definition) is 3. The van der Waals surface area contributed by atoms with Crippen LogP contribution < -0.4 is 0 Å². The van der Waals surface area contributed by atoms with Crippen molar-refractivity contribution in [1.82, 2.24) is 14.8 Å². The lowest BCUT2D eigenvalue weighted by atomic mass is 10.2. The largest absolute Gasteiger partial charge is 0.476 e. The minimum absolute atomic E-state index is 0.0227. The second kappa shape index (κ2) is 5.46. The molecule has 0 atom stereocenters. The van der Waals surface area contributed by atoms with E-state index in [2.05, 4.69) is 26.0 Å². The normalized spacial score (nSPS) is 11.0. The number of nitrogens with zero attached hydrogens (tertiary/aromatic N) is 3. The van der Waals surface area contributed by atoms with Gasteiger partial charge in [-0.3, -0.25) is 0 Å². The van der Waals surface area contributed by atoms with Crippen LogP contribution in [0, 0.1) is 0 Å². The maximum absolute atomic E-state index is 11.3. The van der Waals surface area contributed by atoms with Gasteiger partial charge in [0.25, 0.3) is 0 Å². The van der Waals surface area contributed by atoms with Gasteiger partial charge in [0.15, 0.2) is 11.3 Å². The molecule has 106 valence electrons. The number of fused-ring (bicyclic) bond motifs is 1. The summed E-state index contributed by atoms with van der Waals surface area (Å²) in [6.45, 7) is 0. The van der Waals surface area contributed by atoms with Crippen LogP contribution in [-0.2, 0) is 5.88 Å². The second-order valence-corrected chi connectivity index (χ2v) is 5.57. The fourth-order valence-electron chi connectivity index (χ4n) is 2.12. The molecule has 0 unspecified atom stereocenters. The summed E-state index contributed by atoms with van der Waals surface area (Å²) >= 11 is 9.29. The Morgan fingerprint density at radius 3 is 2.90 bits per heavy atom. The number of aromatic carboxylic acids is 1. The molecule has 3 aromatic rings.